The number of benzene rings is 2. The number of H-pyrrole nitrogens is 1. The van der Waals surface area contributed by atoms with Gasteiger partial charge in [0.15, 0.2) is 5.43 Å². The number of piperazine rings is 1. The summed E-state index contributed by atoms with van der Waals surface area (Å²) in [7, 11) is 0. The lowest BCUT2D eigenvalue weighted by Gasteiger charge is -2.31. The van der Waals surface area contributed by atoms with Gasteiger partial charge in [-0.05, 0) is 36.6 Å². The minimum atomic E-state index is -0.752. The molecule has 8 heteroatoms. The van der Waals surface area contributed by atoms with E-state index in [9.17, 15) is 14.4 Å². The number of carbonyl (C=O) groups is 2. The maximum absolute atomic E-state index is 13.2. The number of carbonyl (C=O) groups excluding carboxylic acids is 2. The van der Waals surface area contributed by atoms with Crippen LogP contribution < -0.4 is 16.1 Å². The highest BCUT2D eigenvalue weighted by Crippen LogP contribution is 2.12. The molecule has 34 heavy (non-hydrogen) atoms. The molecule has 1 fully saturated rings. The average molecular weight is 463 g/mol. The topological polar surface area (TPSA) is 104 Å². The van der Waals surface area contributed by atoms with Crippen LogP contribution in [-0.4, -0.2) is 60.5 Å². The van der Waals surface area contributed by atoms with Gasteiger partial charge in [0.1, 0.15) is 11.7 Å². The van der Waals surface area contributed by atoms with E-state index in [1.807, 2.05) is 49.4 Å². The Morgan fingerprint density at radius 2 is 1.85 bits per heavy atom. The molecule has 0 unspecified atom stereocenters. The van der Waals surface area contributed by atoms with E-state index < -0.39 is 11.9 Å². The number of nitrogens with zero attached hydrogens (tertiary/aromatic N) is 1. The highest BCUT2D eigenvalue weighted by Gasteiger charge is 2.27. The molecule has 178 valence electrons. The van der Waals surface area contributed by atoms with Crippen LogP contribution in [0.5, 0.6) is 0 Å². The van der Waals surface area contributed by atoms with E-state index in [4.69, 9.17) is 4.74 Å². The predicted octanol–water partition coefficient (Wildman–Crippen LogP) is 1.97. The number of aromatic amines is 1. The molecule has 0 saturated carbocycles. The molecule has 0 bridgehead atoms. The van der Waals surface area contributed by atoms with E-state index in [1.165, 1.54) is 6.07 Å². The van der Waals surface area contributed by atoms with Crippen molar-refractivity contribution >= 4 is 22.7 Å². The minimum Gasteiger partial charge on any atom is -0.377 e. The van der Waals surface area contributed by atoms with E-state index in [1.54, 1.807) is 11.0 Å². The summed E-state index contributed by atoms with van der Waals surface area (Å²) in [5.41, 5.74) is 2.50. The van der Waals surface area contributed by atoms with Crippen molar-refractivity contribution in [3.05, 3.63) is 81.6 Å². The molecule has 1 saturated heterocycles. The van der Waals surface area contributed by atoms with Gasteiger partial charge in [0.2, 0.25) is 5.91 Å². The van der Waals surface area contributed by atoms with Gasteiger partial charge >= 0.3 is 0 Å². The van der Waals surface area contributed by atoms with Crippen LogP contribution in [0.3, 0.4) is 0 Å². The summed E-state index contributed by atoms with van der Waals surface area (Å²) >= 11 is 0. The second-order valence-electron chi connectivity index (χ2n) is 8.52. The van der Waals surface area contributed by atoms with Crippen molar-refractivity contribution in [3.63, 3.8) is 0 Å². The lowest BCUT2D eigenvalue weighted by Crippen LogP contribution is -2.54. The maximum atomic E-state index is 13.2. The van der Waals surface area contributed by atoms with Crippen LogP contribution in [0.25, 0.3) is 10.9 Å². The van der Waals surface area contributed by atoms with Crippen molar-refractivity contribution in [3.8, 4) is 0 Å². The molecule has 1 aliphatic rings. The minimum absolute atomic E-state index is 0.131. The van der Waals surface area contributed by atoms with Gasteiger partial charge in [-0.25, -0.2) is 0 Å². The first kappa shape index (κ1) is 23.7. The van der Waals surface area contributed by atoms with Gasteiger partial charge in [0.05, 0.1) is 12.1 Å². The second-order valence-corrected chi connectivity index (χ2v) is 8.52. The number of rotatable bonds is 8. The van der Waals surface area contributed by atoms with Gasteiger partial charge in [0, 0.05) is 44.2 Å². The van der Waals surface area contributed by atoms with Crippen molar-refractivity contribution in [2.24, 2.45) is 0 Å². The monoisotopic (exact) mass is 462 g/mol. The second kappa shape index (κ2) is 11.1. The van der Waals surface area contributed by atoms with Crippen LogP contribution in [0.1, 0.15) is 28.0 Å². The Morgan fingerprint density at radius 1 is 1.09 bits per heavy atom. The van der Waals surface area contributed by atoms with Gasteiger partial charge in [-0.15, -0.1) is 0 Å². The predicted molar refractivity (Wildman–Crippen MR) is 131 cm³/mol. The molecule has 0 spiro atoms. The summed E-state index contributed by atoms with van der Waals surface area (Å²) in [6.07, 6.45) is 0.332. The molecule has 4 rings (SSSR count). The van der Waals surface area contributed by atoms with Crippen LogP contribution in [0.2, 0.25) is 0 Å². The molecule has 2 amide bonds. The lowest BCUT2D eigenvalue weighted by atomic mass is 10.1. The van der Waals surface area contributed by atoms with E-state index >= 15 is 0 Å². The van der Waals surface area contributed by atoms with Crippen LogP contribution in [0, 0.1) is 6.92 Å². The molecule has 1 atom stereocenters. The standard InChI is InChI=1S/C26H30N4O4/c1-18-7-8-20-22(15-18)28-23(16-24(20)31)25(32)29-21(26(33)30-12-10-27-11-13-30)9-14-34-17-19-5-3-2-4-6-19/h2-8,15-16,21,27H,9-14,17H2,1H3,(H,28,31)(H,29,32)/t21-/m0/s1. The molecular weight excluding hydrogens is 432 g/mol. The molecule has 2 aromatic carbocycles. The molecule has 3 N–H and O–H groups in total. The number of ether oxygens (including phenoxy) is 1. The highest BCUT2D eigenvalue weighted by molar-refractivity contribution is 5.97. The summed E-state index contributed by atoms with van der Waals surface area (Å²) in [5, 5.41) is 6.58. The molecule has 8 nitrogen and oxygen atoms in total. The first-order chi connectivity index (χ1) is 16.5. The normalized spacial score (nSPS) is 14.7. The Hall–Kier alpha value is -3.49. The van der Waals surface area contributed by atoms with Gasteiger partial charge in [0.25, 0.3) is 5.91 Å². The number of hydrogen-bond acceptors (Lipinski definition) is 5. The fourth-order valence-electron chi connectivity index (χ4n) is 4.05. The number of amides is 2. The fourth-order valence-corrected chi connectivity index (χ4v) is 4.05. The zero-order valence-electron chi connectivity index (χ0n) is 19.3. The average Bonchev–Trinajstić information content (AvgIpc) is 2.86. The van der Waals surface area contributed by atoms with Gasteiger partial charge < -0.3 is 25.3 Å². The van der Waals surface area contributed by atoms with Gasteiger partial charge in [-0.2, -0.15) is 0 Å². The Labute approximate surface area is 198 Å². The third-order valence-electron chi connectivity index (χ3n) is 5.92. The first-order valence-corrected chi connectivity index (χ1v) is 11.6. The number of aryl methyl sites for hydroxylation is 1. The SMILES string of the molecule is Cc1ccc2c(=O)cc(C(=O)N[C@@H](CCOCc3ccccc3)C(=O)N3CCNCC3)[nH]c2c1. The van der Waals surface area contributed by atoms with Crippen molar-refractivity contribution < 1.29 is 14.3 Å². The van der Waals surface area contributed by atoms with Crippen molar-refractivity contribution in [2.75, 3.05) is 32.8 Å². The Kier molecular flexibility index (Phi) is 7.72. The van der Waals surface area contributed by atoms with E-state index in [-0.39, 0.29) is 17.0 Å². The quantitative estimate of drug-likeness (QED) is 0.444. The summed E-state index contributed by atoms with van der Waals surface area (Å²) in [6, 6.07) is 15.7. The van der Waals surface area contributed by atoms with Crippen molar-refractivity contribution in [1.82, 2.24) is 20.5 Å². The largest absolute Gasteiger partial charge is 0.377 e. The summed E-state index contributed by atoms with van der Waals surface area (Å²) in [6.45, 7) is 5.26. The zero-order chi connectivity index (χ0) is 23.9. The first-order valence-electron chi connectivity index (χ1n) is 11.6. The Balaban J connectivity index is 1.47. The Morgan fingerprint density at radius 3 is 2.62 bits per heavy atom. The summed E-state index contributed by atoms with van der Waals surface area (Å²) in [4.78, 5) is 43.6. The van der Waals surface area contributed by atoms with E-state index in [0.29, 0.717) is 56.7 Å². The fraction of sp³-hybridized carbons (Fsp3) is 0.346. The molecular formula is C26H30N4O4. The van der Waals surface area contributed by atoms with Gasteiger partial charge in [-0.1, -0.05) is 36.4 Å². The number of hydrogen-bond donors (Lipinski definition) is 3. The number of nitrogens with one attached hydrogen (secondary N) is 3. The zero-order valence-corrected chi connectivity index (χ0v) is 19.3. The summed E-state index contributed by atoms with van der Waals surface area (Å²) < 4.78 is 5.77. The van der Waals surface area contributed by atoms with Crippen LogP contribution in [-0.2, 0) is 16.1 Å². The lowest BCUT2D eigenvalue weighted by molar-refractivity contribution is -0.134. The number of fused-ring (bicyclic) bond motifs is 1. The van der Waals surface area contributed by atoms with Crippen LogP contribution in [0.15, 0.2) is 59.4 Å². The van der Waals surface area contributed by atoms with Crippen molar-refractivity contribution in [2.45, 2.75) is 26.0 Å². The van der Waals surface area contributed by atoms with Crippen LogP contribution >= 0.6 is 0 Å². The molecule has 2 heterocycles. The number of aromatic nitrogens is 1. The Bertz CT molecular complexity index is 1200. The highest BCUT2D eigenvalue weighted by atomic mass is 16.5. The molecule has 1 aliphatic heterocycles. The van der Waals surface area contributed by atoms with Gasteiger partial charge in [-0.3, -0.25) is 14.4 Å². The van der Waals surface area contributed by atoms with Crippen LogP contribution in [0.4, 0.5) is 0 Å². The third kappa shape index (κ3) is 5.89. The van der Waals surface area contributed by atoms with E-state index in [0.717, 1.165) is 11.1 Å². The smallest absolute Gasteiger partial charge is 0.268 e. The van der Waals surface area contributed by atoms with E-state index in [2.05, 4.69) is 15.6 Å². The van der Waals surface area contributed by atoms with Crippen molar-refractivity contribution in [1.29, 1.82) is 0 Å². The summed E-state index contributed by atoms with van der Waals surface area (Å²) in [5.74, 6) is -0.630. The molecule has 1 aromatic heterocycles. The maximum Gasteiger partial charge on any atom is 0.268 e. The number of pyridine rings is 1. The molecule has 0 radical (unpaired) electrons. The third-order valence-corrected chi connectivity index (χ3v) is 5.92. The molecule has 0 aliphatic carbocycles. The molecule has 3 aromatic rings.